The first-order chi connectivity index (χ1) is 13.8. The highest BCUT2D eigenvalue weighted by atomic mass is 16.6. The summed E-state index contributed by atoms with van der Waals surface area (Å²) in [6.45, 7) is 3.85. The summed E-state index contributed by atoms with van der Waals surface area (Å²) >= 11 is 0. The number of hydrogen-bond acceptors (Lipinski definition) is 5. The average Bonchev–Trinajstić information content (AvgIpc) is 3.37. The van der Waals surface area contributed by atoms with Crippen LogP contribution in [-0.4, -0.2) is 48.9 Å². The normalized spacial score (nSPS) is 17.1. The van der Waals surface area contributed by atoms with Crippen molar-refractivity contribution in [2.75, 3.05) is 33.4 Å². The largest absolute Gasteiger partial charge is 0.497 e. The molecular formula is C23H23N3O2. The van der Waals surface area contributed by atoms with Gasteiger partial charge in [-0.25, -0.2) is 0 Å². The highest BCUT2D eigenvalue weighted by molar-refractivity contribution is 6.29. The van der Waals surface area contributed by atoms with Crippen molar-refractivity contribution in [3.63, 3.8) is 0 Å². The molecule has 5 rings (SSSR count). The molecule has 0 radical (unpaired) electrons. The number of ether oxygens (including phenoxy) is 1. The summed E-state index contributed by atoms with van der Waals surface area (Å²) in [7, 11) is 1.68. The van der Waals surface area contributed by atoms with Gasteiger partial charge < -0.3 is 9.57 Å². The van der Waals surface area contributed by atoms with Crippen molar-refractivity contribution in [1.82, 2.24) is 9.88 Å². The van der Waals surface area contributed by atoms with Gasteiger partial charge in [-0.3, -0.25) is 9.88 Å². The van der Waals surface area contributed by atoms with Crippen LogP contribution in [0, 0.1) is 0 Å². The Morgan fingerprint density at radius 3 is 2.75 bits per heavy atom. The Kier molecular flexibility index (Phi) is 4.45. The van der Waals surface area contributed by atoms with E-state index in [1.54, 1.807) is 7.11 Å². The van der Waals surface area contributed by atoms with Crippen LogP contribution in [0.15, 0.2) is 53.8 Å². The zero-order valence-corrected chi connectivity index (χ0v) is 16.0. The number of rotatable bonds is 5. The molecule has 0 saturated carbocycles. The predicted molar refractivity (Wildman–Crippen MR) is 111 cm³/mol. The molecule has 2 aromatic carbocycles. The van der Waals surface area contributed by atoms with E-state index in [9.17, 15) is 0 Å². The molecule has 2 aliphatic rings. The fourth-order valence-corrected chi connectivity index (χ4v) is 4.20. The van der Waals surface area contributed by atoms with Gasteiger partial charge in [0.1, 0.15) is 18.1 Å². The lowest BCUT2D eigenvalue weighted by atomic mass is 10.0. The number of oxime groups is 1. The lowest BCUT2D eigenvalue weighted by Gasteiger charge is -2.13. The fourth-order valence-electron chi connectivity index (χ4n) is 4.20. The Hall–Kier alpha value is -2.92. The topological polar surface area (TPSA) is 47.0 Å². The number of para-hydroxylation sites is 1. The standard InChI is InChI=1S/C23H23N3O2/c1-27-16-8-9-17-19(14-16)23(25-28-13-12-26-10-4-5-11-26)22-18-6-2-3-7-21(18)24-15-20(17)22/h2-3,6-9,14-15H,4-5,10-13H2,1H3. The summed E-state index contributed by atoms with van der Waals surface area (Å²) < 4.78 is 5.45. The monoisotopic (exact) mass is 373 g/mol. The molecule has 1 aromatic heterocycles. The molecule has 0 amide bonds. The molecule has 2 heterocycles. The molecule has 5 nitrogen and oxygen atoms in total. The van der Waals surface area contributed by atoms with E-state index in [0.29, 0.717) is 6.61 Å². The predicted octanol–water partition coefficient (Wildman–Crippen LogP) is 4.09. The maximum Gasteiger partial charge on any atom is 0.129 e. The van der Waals surface area contributed by atoms with Crippen molar-refractivity contribution < 1.29 is 9.57 Å². The summed E-state index contributed by atoms with van der Waals surface area (Å²) in [6.07, 6.45) is 4.51. The van der Waals surface area contributed by atoms with Gasteiger partial charge in [0.2, 0.25) is 0 Å². The molecule has 0 bridgehead atoms. The molecule has 0 atom stereocenters. The average molecular weight is 373 g/mol. The number of methoxy groups -OCH3 is 1. The minimum absolute atomic E-state index is 0.598. The smallest absolute Gasteiger partial charge is 0.129 e. The Morgan fingerprint density at radius 1 is 1.04 bits per heavy atom. The van der Waals surface area contributed by atoms with E-state index in [1.807, 2.05) is 36.5 Å². The molecule has 1 aliphatic carbocycles. The second-order valence-electron chi connectivity index (χ2n) is 7.30. The van der Waals surface area contributed by atoms with Crippen LogP contribution in [0.1, 0.15) is 24.0 Å². The maximum absolute atomic E-state index is 5.80. The number of benzene rings is 2. The highest BCUT2D eigenvalue weighted by Gasteiger charge is 2.28. The van der Waals surface area contributed by atoms with Gasteiger partial charge in [0, 0.05) is 34.8 Å². The van der Waals surface area contributed by atoms with E-state index in [0.717, 1.165) is 51.2 Å². The first-order valence-electron chi connectivity index (χ1n) is 9.84. The zero-order chi connectivity index (χ0) is 18.9. The number of aromatic nitrogens is 1. The van der Waals surface area contributed by atoms with Crippen molar-refractivity contribution in [1.29, 1.82) is 0 Å². The first-order valence-corrected chi connectivity index (χ1v) is 9.84. The number of hydrogen-bond donors (Lipinski definition) is 0. The van der Waals surface area contributed by atoms with Crippen LogP contribution in [0.4, 0.5) is 0 Å². The van der Waals surface area contributed by atoms with Crippen molar-refractivity contribution in [2.24, 2.45) is 5.16 Å². The summed E-state index contributed by atoms with van der Waals surface area (Å²) in [6, 6.07) is 14.3. The fraction of sp³-hybridized carbons (Fsp3) is 0.304. The van der Waals surface area contributed by atoms with Gasteiger partial charge in [0.15, 0.2) is 0 Å². The first kappa shape index (κ1) is 17.2. The molecule has 1 fully saturated rings. The van der Waals surface area contributed by atoms with Crippen LogP contribution < -0.4 is 4.74 Å². The van der Waals surface area contributed by atoms with Gasteiger partial charge >= 0.3 is 0 Å². The van der Waals surface area contributed by atoms with Crippen LogP contribution in [0.5, 0.6) is 5.75 Å². The molecule has 3 aromatic rings. The summed E-state index contributed by atoms with van der Waals surface area (Å²) in [5, 5.41) is 5.69. The van der Waals surface area contributed by atoms with Crippen molar-refractivity contribution >= 4 is 16.6 Å². The van der Waals surface area contributed by atoms with Gasteiger partial charge in [-0.15, -0.1) is 0 Å². The van der Waals surface area contributed by atoms with E-state index in [-0.39, 0.29) is 0 Å². The van der Waals surface area contributed by atoms with Crippen LogP contribution in [-0.2, 0) is 4.84 Å². The molecule has 1 saturated heterocycles. The Bertz CT molecular complexity index is 1050. The van der Waals surface area contributed by atoms with Crippen LogP contribution >= 0.6 is 0 Å². The minimum atomic E-state index is 0.598. The van der Waals surface area contributed by atoms with Gasteiger partial charge in [0.25, 0.3) is 0 Å². The molecule has 28 heavy (non-hydrogen) atoms. The molecule has 142 valence electrons. The Balaban J connectivity index is 1.55. The van der Waals surface area contributed by atoms with Crippen LogP contribution in [0.25, 0.3) is 22.0 Å². The SMILES string of the molecule is COc1ccc2c(c1)C(=NOCCN1CCCC1)c1c-2cnc2ccccc12. The second kappa shape index (κ2) is 7.24. The van der Waals surface area contributed by atoms with Crippen molar-refractivity contribution in [3.05, 3.63) is 59.8 Å². The summed E-state index contributed by atoms with van der Waals surface area (Å²) in [5.41, 5.74) is 6.17. The lowest BCUT2D eigenvalue weighted by Crippen LogP contribution is -2.23. The molecule has 1 aliphatic heterocycles. The van der Waals surface area contributed by atoms with E-state index in [2.05, 4.69) is 27.2 Å². The number of fused-ring (bicyclic) bond motifs is 5. The number of pyridine rings is 1. The molecule has 0 spiro atoms. The lowest BCUT2D eigenvalue weighted by molar-refractivity contribution is 0.119. The van der Waals surface area contributed by atoms with Gasteiger partial charge in [-0.05, 0) is 55.8 Å². The summed E-state index contributed by atoms with van der Waals surface area (Å²) in [5.74, 6) is 0.814. The highest BCUT2D eigenvalue weighted by Crippen LogP contribution is 2.41. The zero-order valence-electron chi connectivity index (χ0n) is 16.0. The van der Waals surface area contributed by atoms with E-state index < -0.39 is 0 Å². The summed E-state index contributed by atoms with van der Waals surface area (Å²) in [4.78, 5) is 12.9. The molecule has 5 heteroatoms. The van der Waals surface area contributed by atoms with Crippen LogP contribution in [0.3, 0.4) is 0 Å². The van der Waals surface area contributed by atoms with Crippen molar-refractivity contribution in [3.8, 4) is 16.9 Å². The van der Waals surface area contributed by atoms with Gasteiger partial charge in [-0.2, -0.15) is 0 Å². The third-order valence-electron chi connectivity index (χ3n) is 5.64. The molecular weight excluding hydrogens is 350 g/mol. The Morgan fingerprint density at radius 2 is 1.89 bits per heavy atom. The van der Waals surface area contributed by atoms with Gasteiger partial charge in [-0.1, -0.05) is 23.4 Å². The second-order valence-corrected chi connectivity index (χ2v) is 7.30. The Labute approximate surface area is 164 Å². The van der Waals surface area contributed by atoms with Crippen molar-refractivity contribution in [2.45, 2.75) is 12.8 Å². The number of nitrogens with zero attached hydrogens (tertiary/aromatic N) is 3. The third kappa shape index (κ3) is 2.92. The quantitative estimate of drug-likeness (QED) is 0.390. The third-order valence-corrected chi connectivity index (χ3v) is 5.64. The molecule has 0 N–H and O–H groups in total. The maximum atomic E-state index is 5.80. The van der Waals surface area contributed by atoms with E-state index in [4.69, 9.17) is 9.57 Å². The minimum Gasteiger partial charge on any atom is -0.497 e. The number of likely N-dealkylation sites (tertiary alicyclic amines) is 1. The molecule has 0 unspecified atom stereocenters. The van der Waals surface area contributed by atoms with Crippen LogP contribution in [0.2, 0.25) is 0 Å². The van der Waals surface area contributed by atoms with Gasteiger partial charge in [0.05, 0.1) is 12.6 Å². The van der Waals surface area contributed by atoms with E-state index >= 15 is 0 Å². The van der Waals surface area contributed by atoms with E-state index in [1.165, 1.54) is 25.9 Å².